The molecule has 33 heavy (non-hydrogen) atoms. The van der Waals surface area contributed by atoms with Gasteiger partial charge < -0.3 is 14.5 Å². The number of ether oxygens (including phenoxy) is 1. The molecule has 0 radical (unpaired) electrons. The minimum atomic E-state index is -0.0888. The molecule has 1 saturated heterocycles. The number of piperazine rings is 1. The molecule has 1 N–H and O–H groups in total. The van der Waals surface area contributed by atoms with E-state index in [9.17, 15) is 4.79 Å². The molecule has 1 amide bonds. The van der Waals surface area contributed by atoms with Crippen molar-refractivity contribution in [1.82, 2.24) is 30.0 Å². The zero-order valence-electron chi connectivity index (χ0n) is 17.1. The van der Waals surface area contributed by atoms with Gasteiger partial charge in [-0.1, -0.05) is 41.4 Å². The van der Waals surface area contributed by atoms with E-state index < -0.39 is 0 Å². The van der Waals surface area contributed by atoms with Gasteiger partial charge in [-0.05, 0) is 18.2 Å². The number of amides is 1. The van der Waals surface area contributed by atoms with E-state index in [4.69, 9.17) is 39.5 Å². The van der Waals surface area contributed by atoms with E-state index in [0.29, 0.717) is 64.6 Å². The molecule has 0 bridgehead atoms. The predicted molar refractivity (Wildman–Crippen MR) is 128 cm³/mol. The first-order valence-corrected chi connectivity index (χ1v) is 11.1. The summed E-state index contributed by atoms with van der Waals surface area (Å²) < 4.78 is 6.12. The monoisotopic (exact) mass is 503 g/mol. The van der Waals surface area contributed by atoms with Crippen LogP contribution in [-0.2, 0) is 4.79 Å². The number of H-pyrrole nitrogens is 1. The summed E-state index contributed by atoms with van der Waals surface area (Å²) in [5, 5.41) is 8.90. The number of anilines is 1. The average Bonchev–Trinajstić information content (AvgIpc) is 3.29. The third-order valence-electron chi connectivity index (χ3n) is 5.40. The Labute approximate surface area is 202 Å². The summed E-state index contributed by atoms with van der Waals surface area (Å²) in [5.74, 6) is 1.04. The number of nitrogens with one attached hydrogen (secondary N) is 1. The molecular formula is C21H16Cl3N7O2. The SMILES string of the molecule is C=CC(=O)N1CCN(c2ncnc3c(Oc4c(Cl)c(Cl)cc5[nH]ncc45)nc(Cl)cc23)CC1. The van der Waals surface area contributed by atoms with E-state index in [1.807, 2.05) is 0 Å². The van der Waals surface area contributed by atoms with E-state index in [2.05, 4.69) is 36.6 Å². The standard InChI is InChI=1S/C21H16Cl3N7O2/c1-2-16(32)30-3-5-31(6-4-30)20-11-7-15(23)28-21(18(11)25-10-26-20)33-19-12-9-27-29-14(12)8-13(22)17(19)24/h2,7-10H,1,3-6H2,(H,27,29). The number of hydrogen-bond acceptors (Lipinski definition) is 7. The Bertz CT molecular complexity index is 1400. The van der Waals surface area contributed by atoms with Gasteiger partial charge in [0.05, 0.1) is 27.5 Å². The lowest BCUT2D eigenvalue weighted by Gasteiger charge is -2.35. The van der Waals surface area contributed by atoms with Gasteiger partial charge in [-0.2, -0.15) is 10.1 Å². The fourth-order valence-electron chi connectivity index (χ4n) is 3.78. The summed E-state index contributed by atoms with van der Waals surface area (Å²) in [6.45, 7) is 5.84. The lowest BCUT2D eigenvalue weighted by atomic mass is 10.2. The number of fused-ring (bicyclic) bond motifs is 2. The molecule has 4 aromatic rings. The van der Waals surface area contributed by atoms with E-state index in [1.165, 1.54) is 12.4 Å². The Balaban J connectivity index is 1.55. The number of pyridine rings is 1. The summed E-state index contributed by atoms with van der Waals surface area (Å²) >= 11 is 19.0. The Morgan fingerprint density at radius 1 is 1.12 bits per heavy atom. The van der Waals surface area contributed by atoms with Crippen molar-refractivity contribution in [1.29, 1.82) is 0 Å². The third-order valence-corrected chi connectivity index (χ3v) is 6.36. The van der Waals surface area contributed by atoms with Crippen molar-refractivity contribution in [2.24, 2.45) is 0 Å². The quantitative estimate of drug-likeness (QED) is 0.323. The van der Waals surface area contributed by atoms with Gasteiger partial charge in [0.2, 0.25) is 11.8 Å². The summed E-state index contributed by atoms with van der Waals surface area (Å²) in [7, 11) is 0. The van der Waals surface area contributed by atoms with Crippen LogP contribution in [0.1, 0.15) is 0 Å². The Morgan fingerprint density at radius 2 is 1.91 bits per heavy atom. The number of carbonyl (C=O) groups is 1. The predicted octanol–water partition coefficient (Wildman–Crippen LogP) is 4.49. The van der Waals surface area contributed by atoms with Crippen molar-refractivity contribution < 1.29 is 9.53 Å². The van der Waals surface area contributed by atoms with Crippen molar-refractivity contribution in [2.75, 3.05) is 31.1 Å². The van der Waals surface area contributed by atoms with E-state index >= 15 is 0 Å². The van der Waals surface area contributed by atoms with Crippen molar-refractivity contribution >= 4 is 68.3 Å². The van der Waals surface area contributed by atoms with E-state index in [1.54, 1.807) is 23.2 Å². The Kier molecular flexibility index (Phi) is 5.69. The second kappa shape index (κ2) is 8.66. The molecule has 0 unspecified atom stereocenters. The zero-order chi connectivity index (χ0) is 23.1. The van der Waals surface area contributed by atoms with Crippen LogP contribution < -0.4 is 9.64 Å². The van der Waals surface area contributed by atoms with Gasteiger partial charge in [-0.25, -0.2) is 9.97 Å². The van der Waals surface area contributed by atoms with Crippen LogP contribution in [0.3, 0.4) is 0 Å². The summed E-state index contributed by atoms with van der Waals surface area (Å²) in [6.07, 6.45) is 4.35. The third kappa shape index (κ3) is 3.92. The van der Waals surface area contributed by atoms with Gasteiger partial charge in [0.15, 0.2) is 5.75 Å². The highest BCUT2D eigenvalue weighted by Gasteiger charge is 2.24. The summed E-state index contributed by atoms with van der Waals surface area (Å²) in [6, 6.07) is 3.35. The number of aromatic amines is 1. The minimum Gasteiger partial charge on any atom is -0.435 e. The first-order valence-electron chi connectivity index (χ1n) is 9.92. The molecule has 0 aliphatic carbocycles. The molecule has 12 heteroatoms. The molecule has 5 rings (SSSR count). The molecule has 1 aliphatic heterocycles. The van der Waals surface area contributed by atoms with Gasteiger partial charge in [0.1, 0.15) is 27.8 Å². The highest BCUT2D eigenvalue weighted by atomic mass is 35.5. The Morgan fingerprint density at radius 3 is 2.67 bits per heavy atom. The number of benzene rings is 1. The molecule has 4 heterocycles. The van der Waals surface area contributed by atoms with Gasteiger partial charge >= 0.3 is 0 Å². The van der Waals surface area contributed by atoms with Crippen LogP contribution in [0.15, 0.2) is 37.3 Å². The molecule has 0 atom stereocenters. The maximum Gasteiger partial charge on any atom is 0.247 e. The molecule has 1 aliphatic rings. The lowest BCUT2D eigenvalue weighted by Crippen LogP contribution is -2.48. The summed E-state index contributed by atoms with van der Waals surface area (Å²) in [4.78, 5) is 28.9. The normalized spacial score (nSPS) is 14.2. The zero-order valence-corrected chi connectivity index (χ0v) is 19.3. The van der Waals surface area contributed by atoms with Crippen LogP contribution in [-0.4, -0.2) is 62.1 Å². The van der Waals surface area contributed by atoms with E-state index in [-0.39, 0.29) is 22.0 Å². The molecular weight excluding hydrogens is 489 g/mol. The number of carbonyl (C=O) groups excluding carboxylic acids is 1. The largest absolute Gasteiger partial charge is 0.435 e. The van der Waals surface area contributed by atoms with Crippen LogP contribution in [0.25, 0.3) is 21.8 Å². The number of nitrogens with zero attached hydrogens (tertiary/aromatic N) is 6. The van der Waals surface area contributed by atoms with Crippen LogP contribution >= 0.6 is 34.8 Å². The molecule has 168 valence electrons. The molecule has 0 saturated carbocycles. The number of aromatic nitrogens is 5. The fraction of sp³-hybridized carbons (Fsp3) is 0.190. The first-order chi connectivity index (χ1) is 16.0. The second-order valence-electron chi connectivity index (χ2n) is 7.29. The maximum atomic E-state index is 11.9. The van der Waals surface area contributed by atoms with Crippen LogP contribution in [0.2, 0.25) is 15.2 Å². The minimum absolute atomic E-state index is 0.0888. The molecule has 1 fully saturated rings. The number of halogens is 3. The molecule has 9 nitrogen and oxygen atoms in total. The molecule has 0 spiro atoms. The van der Waals surface area contributed by atoms with Gasteiger partial charge in [-0.15, -0.1) is 0 Å². The highest BCUT2D eigenvalue weighted by molar-refractivity contribution is 6.44. The Hall–Kier alpha value is -3.14. The van der Waals surface area contributed by atoms with Gasteiger partial charge in [0, 0.05) is 26.2 Å². The maximum absolute atomic E-state index is 11.9. The number of hydrogen-bond donors (Lipinski definition) is 1. The van der Waals surface area contributed by atoms with E-state index in [0.717, 1.165) is 0 Å². The van der Waals surface area contributed by atoms with Crippen molar-refractivity contribution in [3.05, 3.63) is 52.5 Å². The van der Waals surface area contributed by atoms with Crippen LogP contribution in [0, 0.1) is 0 Å². The van der Waals surface area contributed by atoms with Crippen LogP contribution in [0.5, 0.6) is 11.6 Å². The topological polar surface area (TPSA) is 100 Å². The molecule has 3 aromatic heterocycles. The van der Waals surface area contributed by atoms with Crippen LogP contribution in [0.4, 0.5) is 5.82 Å². The van der Waals surface area contributed by atoms with Crippen molar-refractivity contribution in [3.63, 3.8) is 0 Å². The average molecular weight is 505 g/mol. The smallest absolute Gasteiger partial charge is 0.247 e. The lowest BCUT2D eigenvalue weighted by molar-refractivity contribution is -0.126. The van der Waals surface area contributed by atoms with Crippen molar-refractivity contribution in [3.8, 4) is 11.6 Å². The molecule has 1 aromatic carbocycles. The van der Waals surface area contributed by atoms with Gasteiger partial charge in [0.25, 0.3) is 0 Å². The fourth-order valence-corrected chi connectivity index (χ4v) is 4.36. The number of rotatable bonds is 4. The second-order valence-corrected chi connectivity index (χ2v) is 8.47. The first kappa shape index (κ1) is 21.7. The van der Waals surface area contributed by atoms with Crippen molar-refractivity contribution in [2.45, 2.75) is 0 Å². The highest BCUT2D eigenvalue weighted by Crippen LogP contribution is 2.42. The summed E-state index contributed by atoms with van der Waals surface area (Å²) in [5.41, 5.74) is 1.12. The van der Waals surface area contributed by atoms with Gasteiger partial charge in [-0.3, -0.25) is 9.89 Å².